The van der Waals surface area contributed by atoms with Crippen LogP contribution in [0, 0.1) is 0 Å². The Balaban J connectivity index is 0.936. The highest BCUT2D eigenvalue weighted by atomic mass is 16.3. The van der Waals surface area contributed by atoms with Gasteiger partial charge in [-0.25, -0.2) is 15.0 Å². The molecule has 0 amide bonds. The minimum atomic E-state index is 0.616. The predicted molar refractivity (Wildman–Crippen MR) is 262 cm³/mol. The first kappa shape index (κ1) is 35.3. The van der Waals surface area contributed by atoms with Crippen molar-refractivity contribution in [3.63, 3.8) is 0 Å². The quantitative estimate of drug-likeness (QED) is 0.163. The van der Waals surface area contributed by atoms with Crippen LogP contribution >= 0.6 is 0 Å². The zero-order chi connectivity index (χ0) is 41.4. The minimum Gasteiger partial charge on any atom is -0.456 e. The van der Waals surface area contributed by atoms with Gasteiger partial charge in [-0.3, -0.25) is 0 Å². The molecule has 4 nitrogen and oxygen atoms in total. The zero-order valence-electron chi connectivity index (χ0n) is 34.0. The summed E-state index contributed by atoms with van der Waals surface area (Å²) in [5.74, 6) is 1.88. The summed E-state index contributed by atoms with van der Waals surface area (Å²) >= 11 is 0. The molecule has 0 aliphatic heterocycles. The summed E-state index contributed by atoms with van der Waals surface area (Å²) in [7, 11) is 0. The third-order valence-corrected chi connectivity index (χ3v) is 12.7. The summed E-state index contributed by atoms with van der Waals surface area (Å²) in [6, 6.07) is 75.3. The summed E-state index contributed by atoms with van der Waals surface area (Å²) in [5, 5.41) is 14.0. The van der Waals surface area contributed by atoms with Crippen molar-refractivity contribution in [2.45, 2.75) is 0 Å². The summed E-state index contributed by atoms with van der Waals surface area (Å²) < 4.78 is 6.55. The number of rotatable bonds is 5. The van der Waals surface area contributed by atoms with Crippen LogP contribution in [0.3, 0.4) is 0 Å². The first-order chi connectivity index (χ1) is 31.2. The van der Waals surface area contributed by atoms with Gasteiger partial charge in [-0.15, -0.1) is 0 Å². The maximum atomic E-state index is 6.55. The number of fused-ring (bicyclic) bond motifs is 10. The van der Waals surface area contributed by atoms with Gasteiger partial charge in [-0.05, 0) is 113 Å². The van der Waals surface area contributed by atoms with Crippen molar-refractivity contribution in [1.82, 2.24) is 15.0 Å². The van der Waals surface area contributed by atoms with E-state index in [1.807, 2.05) is 0 Å². The number of benzene rings is 11. The van der Waals surface area contributed by atoms with Crippen molar-refractivity contribution in [1.29, 1.82) is 0 Å². The van der Waals surface area contributed by atoms with Gasteiger partial charge in [0.1, 0.15) is 11.2 Å². The van der Waals surface area contributed by atoms with Crippen LogP contribution in [0.1, 0.15) is 0 Å². The van der Waals surface area contributed by atoms with E-state index in [2.05, 4.69) is 212 Å². The molecular weight excluding hydrogens is 767 g/mol. The van der Waals surface area contributed by atoms with Crippen molar-refractivity contribution in [3.8, 4) is 56.4 Å². The molecule has 13 rings (SSSR count). The molecule has 0 saturated carbocycles. The normalized spacial score (nSPS) is 11.8. The molecular formula is C59H35N3O. The SMILES string of the molecule is c1ccc2cc(-c3ccc4c(c3)oc3cccc(-c5ccc(-c6nc(-c7ccc8c(ccc9ccccc98)c7)nc(-c7cc8ccccc8c8ccccc78)n6)cc5)c34)ccc2c1. The smallest absolute Gasteiger partial charge is 0.164 e. The fourth-order valence-electron chi connectivity index (χ4n) is 9.56. The van der Waals surface area contributed by atoms with Crippen LogP contribution in [0.4, 0.5) is 0 Å². The van der Waals surface area contributed by atoms with Crippen LogP contribution < -0.4 is 0 Å². The van der Waals surface area contributed by atoms with Gasteiger partial charge >= 0.3 is 0 Å². The topological polar surface area (TPSA) is 51.8 Å². The van der Waals surface area contributed by atoms with Gasteiger partial charge in [0.2, 0.25) is 0 Å². The Morgan fingerprint density at radius 1 is 0.254 bits per heavy atom. The lowest BCUT2D eigenvalue weighted by Gasteiger charge is -2.13. The molecule has 0 atom stereocenters. The Labute approximate surface area is 362 Å². The lowest BCUT2D eigenvalue weighted by molar-refractivity contribution is 0.669. The summed E-state index contributed by atoms with van der Waals surface area (Å²) in [6.45, 7) is 0. The first-order valence-corrected chi connectivity index (χ1v) is 21.3. The predicted octanol–water partition coefficient (Wildman–Crippen LogP) is 15.9. The Bertz CT molecular complexity index is 3980. The highest BCUT2D eigenvalue weighted by Gasteiger charge is 2.18. The Morgan fingerprint density at radius 3 is 1.62 bits per heavy atom. The molecule has 0 fully saturated rings. The van der Waals surface area contributed by atoms with Crippen LogP contribution in [-0.2, 0) is 0 Å². The molecule has 11 aromatic carbocycles. The van der Waals surface area contributed by atoms with Crippen molar-refractivity contribution in [2.24, 2.45) is 0 Å². The van der Waals surface area contributed by atoms with Gasteiger partial charge in [-0.2, -0.15) is 0 Å². The third-order valence-electron chi connectivity index (χ3n) is 12.7. The van der Waals surface area contributed by atoms with Crippen LogP contribution in [0.2, 0.25) is 0 Å². The van der Waals surface area contributed by atoms with Gasteiger partial charge in [0.25, 0.3) is 0 Å². The van der Waals surface area contributed by atoms with Crippen LogP contribution in [0.25, 0.3) is 132 Å². The lowest BCUT2D eigenvalue weighted by atomic mass is 9.96. The molecule has 0 aliphatic carbocycles. The van der Waals surface area contributed by atoms with E-state index >= 15 is 0 Å². The van der Waals surface area contributed by atoms with Gasteiger partial charge in [0.05, 0.1) is 0 Å². The van der Waals surface area contributed by atoms with Crippen molar-refractivity contribution >= 4 is 75.8 Å². The largest absolute Gasteiger partial charge is 0.456 e. The van der Waals surface area contributed by atoms with E-state index < -0.39 is 0 Å². The number of nitrogens with zero attached hydrogens (tertiary/aromatic N) is 3. The first-order valence-electron chi connectivity index (χ1n) is 21.3. The highest BCUT2D eigenvalue weighted by Crippen LogP contribution is 2.40. The Morgan fingerprint density at radius 2 is 0.778 bits per heavy atom. The number of hydrogen-bond acceptors (Lipinski definition) is 4. The van der Waals surface area contributed by atoms with E-state index in [0.29, 0.717) is 17.5 Å². The standard InChI is InChI=1S/C59H35N3O/c1-2-12-40-32-41(26-20-36(40)10-1)42-28-31-52-55(35-42)63-54-19-9-18-49(56(52)54)38-21-24-39(25-22-38)57-60-58(45-29-30-48-44(33-45)27-23-37-11-3-5-14-46(37)48)62-59(61-57)53-34-43-13-4-6-15-47(43)50-16-7-8-17-51(50)53/h1-35H. The molecule has 4 heteroatoms. The van der Waals surface area contributed by atoms with E-state index in [4.69, 9.17) is 19.4 Å². The van der Waals surface area contributed by atoms with Gasteiger partial charge in [0.15, 0.2) is 17.5 Å². The molecule has 0 unspecified atom stereocenters. The number of aromatic nitrogens is 3. The van der Waals surface area contributed by atoms with Gasteiger partial charge in [-0.1, -0.05) is 176 Å². The van der Waals surface area contributed by atoms with Gasteiger partial charge in [0, 0.05) is 27.5 Å². The van der Waals surface area contributed by atoms with E-state index in [9.17, 15) is 0 Å². The second-order valence-electron chi connectivity index (χ2n) is 16.4. The number of furan rings is 1. The average molecular weight is 802 g/mol. The zero-order valence-corrected chi connectivity index (χ0v) is 34.0. The maximum Gasteiger partial charge on any atom is 0.164 e. The fourth-order valence-corrected chi connectivity index (χ4v) is 9.56. The molecule has 292 valence electrons. The summed E-state index contributed by atoms with van der Waals surface area (Å²) in [4.78, 5) is 15.7. The van der Waals surface area contributed by atoms with Crippen molar-refractivity contribution in [2.75, 3.05) is 0 Å². The van der Waals surface area contributed by atoms with Crippen LogP contribution in [0.5, 0.6) is 0 Å². The maximum absolute atomic E-state index is 6.55. The third kappa shape index (κ3) is 5.88. The van der Waals surface area contributed by atoms with Crippen molar-refractivity contribution < 1.29 is 4.42 Å². The van der Waals surface area contributed by atoms with E-state index in [1.165, 1.54) is 43.3 Å². The van der Waals surface area contributed by atoms with Crippen LogP contribution in [-0.4, -0.2) is 15.0 Å². The summed E-state index contributed by atoms with van der Waals surface area (Å²) in [6.07, 6.45) is 0. The Hall–Kier alpha value is -8.47. The molecule has 0 radical (unpaired) electrons. The number of hydrogen-bond donors (Lipinski definition) is 0. The molecule has 0 N–H and O–H groups in total. The molecule has 0 bridgehead atoms. The minimum absolute atomic E-state index is 0.616. The van der Waals surface area contributed by atoms with Gasteiger partial charge < -0.3 is 4.42 Å². The fraction of sp³-hybridized carbons (Fsp3) is 0. The summed E-state index contributed by atoms with van der Waals surface area (Å²) in [5.41, 5.74) is 9.04. The Kier molecular flexibility index (Phi) is 7.87. The van der Waals surface area contributed by atoms with E-state index in [-0.39, 0.29) is 0 Å². The second kappa shape index (κ2) is 14.1. The van der Waals surface area contributed by atoms with Crippen LogP contribution in [0.15, 0.2) is 217 Å². The monoisotopic (exact) mass is 801 g/mol. The molecule has 0 saturated heterocycles. The van der Waals surface area contributed by atoms with E-state index in [1.54, 1.807) is 0 Å². The van der Waals surface area contributed by atoms with E-state index in [0.717, 1.165) is 71.5 Å². The molecule has 0 spiro atoms. The highest BCUT2D eigenvalue weighted by molar-refractivity contribution is 6.15. The molecule has 2 heterocycles. The second-order valence-corrected chi connectivity index (χ2v) is 16.4. The van der Waals surface area contributed by atoms with Crippen molar-refractivity contribution in [3.05, 3.63) is 212 Å². The lowest BCUT2D eigenvalue weighted by Crippen LogP contribution is -2.01. The molecule has 63 heavy (non-hydrogen) atoms. The molecule has 0 aliphatic rings. The average Bonchev–Trinajstić information content (AvgIpc) is 3.74. The molecule has 13 aromatic rings. The molecule has 2 aromatic heterocycles.